The van der Waals surface area contributed by atoms with Gasteiger partial charge in [-0.15, -0.1) is 0 Å². The predicted molar refractivity (Wildman–Crippen MR) is 85.1 cm³/mol. The van der Waals surface area contributed by atoms with Gasteiger partial charge in [0.2, 0.25) is 0 Å². The number of nitrogens with zero attached hydrogens (tertiary/aromatic N) is 2. The van der Waals surface area contributed by atoms with Crippen LogP contribution in [0.25, 0.3) is 10.9 Å². The van der Waals surface area contributed by atoms with Gasteiger partial charge in [0.25, 0.3) is 5.91 Å². The summed E-state index contributed by atoms with van der Waals surface area (Å²) in [7, 11) is 1.72. The Bertz CT molecular complexity index is 871. The van der Waals surface area contributed by atoms with Gasteiger partial charge in [-0.2, -0.15) is 5.26 Å². The largest absolute Gasteiger partial charge is 0.349 e. The lowest BCUT2D eigenvalue weighted by molar-refractivity contribution is -0.152. The quantitative estimate of drug-likeness (QED) is 0.913. The van der Waals surface area contributed by atoms with E-state index < -0.39 is 5.67 Å². The molecule has 2 saturated carbocycles. The van der Waals surface area contributed by atoms with Gasteiger partial charge in [-0.3, -0.25) is 4.79 Å². The number of hydrogen-bond donors (Lipinski definition) is 1. The van der Waals surface area contributed by atoms with Crippen LogP contribution in [0.5, 0.6) is 0 Å². The highest BCUT2D eigenvalue weighted by Gasteiger charge is 2.62. The van der Waals surface area contributed by atoms with E-state index in [1.54, 1.807) is 30.1 Å². The van der Waals surface area contributed by atoms with E-state index in [2.05, 4.69) is 4.98 Å². The van der Waals surface area contributed by atoms with E-state index in [-0.39, 0.29) is 17.9 Å². The van der Waals surface area contributed by atoms with E-state index in [1.807, 2.05) is 6.07 Å². The van der Waals surface area contributed by atoms with Gasteiger partial charge in [0, 0.05) is 30.8 Å². The number of nitriles is 1. The van der Waals surface area contributed by atoms with Crippen molar-refractivity contribution >= 4 is 28.4 Å². The molecular formula is C17H15ClFN3O. The number of aromatic amines is 1. The van der Waals surface area contributed by atoms with Crippen molar-refractivity contribution in [2.45, 2.75) is 31.0 Å². The lowest BCUT2D eigenvalue weighted by Gasteiger charge is -2.60. The number of nitrogens with one attached hydrogen (secondary N) is 1. The van der Waals surface area contributed by atoms with Crippen molar-refractivity contribution in [3.63, 3.8) is 0 Å². The van der Waals surface area contributed by atoms with Crippen molar-refractivity contribution in [1.82, 2.24) is 9.88 Å². The van der Waals surface area contributed by atoms with Gasteiger partial charge in [0.05, 0.1) is 16.1 Å². The van der Waals surface area contributed by atoms with Crippen LogP contribution in [0.2, 0.25) is 5.02 Å². The second-order valence-electron chi connectivity index (χ2n) is 6.55. The Morgan fingerprint density at radius 3 is 2.91 bits per heavy atom. The van der Waals surface area contributed by atoms with Gasteiger partial charge in [-0.25, -0.2) is 4.39 Å². The zero-order valence-electron chi connectivity index (χ0n) is 12.6. The van der Waals surface area contributed by atoms with Crippen LogP contribution in [-0.4, -0.2) is 34.5 Å². The van der Waals surface area contributed by atoms with E-state index in [0.717, 1.165) is 11.8 Å². The van der Waals surface area contributed by atoms with Crippen molar-refractivity contribution in [2.24, 2.45) is 5.92 Å². The minimum atomic E-state index is -1.04. The Hall–Kier alpha value is -2.06. The Morgan fingerprint density at radius 1 is 1.57 bits per heavy atom. The first kappa shape index (κ1) is 14.5. The van der Waals surface area contributed by atoms with Crippen LogP contribution in [0.15, 0.2) is 18.2 Å². The highest BCUT2D eigenvalue weighted by atomic mass is 35.5. The maximum atomic E-state index is 14.1. The summed E-state index contributed by atoms with van der Waals surface area (Å²) in [6.07, 6.45) is 1.90. The second kappa shape index (κ2) is 4.72. The van der Waals surface area contributed by atoms with E-state index in [4.69, 9.17) is 16.9 Å². The number of H-pyrrole nitrogens is 1. The molecule has 0 spiro atoms. The molecule has 3 unspecified atom stereocenters. The molecule has 1 aromatic carbocycles. The fraction of sp³-hybridized carbons (Fsp3) is 0.412. The van der Waals surface area contributed by atoms with Crippen molar-refractivity contribution in [2.75, 3.05) is 7.05 Å². The Balaban J connectivity index is 1.63. The van der Waals surface area contributed by atoms with Crippen LogP contribution in [0.4, 0.5) is 4.39 Å². The average Bonchev–Trinajstić information content (AvgIpc) is 2.97. The molecule has 3 atom stereocenters. The van der Waals surface area contributed by atoms with Crippen molar-refractivity contribution in [1.29, 1.82) is 5.26 Å². The molecule has 4 nitrogen and oxygen atoms in total. The van der Waals surface area contributed by atoms with Crippen LogP contribution >= 0.6 is 11.6 Å². The zero-order valence-corrected chi connectivity index (χ0v) is 13.3. The summed E-state index contributed by atoms with van der Waals surface area (Å²) in [6.45, 7) is 0. The SMILES string of the molecule is CN(C(=O)c1cc2ccc(C#N)c(Cl)c2[nH]1)C1CC2(F)CCC12. The molecule has 2 fully saturated rings. The summed E-state index contributed by atoms with van der Waals surface area (Å²) in [4.78, 5) is 17.3. The molecule has 1 heterocycles. The molecule has 0 bridgehead atoms. The van der Waals surface area contributed by atoms with Crippen LogP contribution < -0.4 is 0 Å². The second-order valence-corrected chi connectivity index (χ2v) is 6.93. The molecule has 1 aromatic heterocycles. The summed E-state index contributed by atoms with van der Waals surface area (Å²) in [5.74, 6) is -0.190. The molecule has 2 aromatic rings. The summed E-state index contributed by atoms with van der Waals surface area (Å²) in [5.41, 5.74) is 0.323. The lowest BCUT2D eigenvalue weighted by Crippen LogP contribution is -2.67. The molecule has 0 radical (unpaired) electrons. The number of halogens is 2. The number of hydrogen-bond acceptors (Lipinski definition) is 2. The maximum absolute atomic E-state index is 14.1. The monoisotopic (exact) mass is 331 g/mol. The smallest absolute Gasteiger partial charge is 0.270 e. The minimum Gasteiger partial charge on any atom is -0.349 e. The molecule has 2 aliphatic carbocycles. The number of aromatic nitrogens is 1. The Labute approximate surface area is 137 Å². The van der Waals surface area contributed by atoms with Crippen molar-refractivity contribution < 1.29 is 9.18 Å². The molecule has 23 heavy (non-hydrogen) atoms. The van der Waals surface area contributed by atoms with Gasteiger partial charge in [0.15, 0.2) is 0 Å². The third-order valence-electron chi connectivity index (χ3n) is 5.45. The molecule has 118 valence electrons. The van der Waals surface area contributed by atoms with E-state index >= 15 is 0 Å². The Morgan fingerprint density at radius 2 is 2.35 bits per heavy atom. The van der Waals surface area contributed by atoms with Gasteiger partial charge >= 0.3 is 0 Å². The normalized spacial score (nSPS) is 28.4. The number of carbonyl (C=O) groups excluding carboxylic acids is 1. The molecular weight excluding hydrogens is 317 g/mol. The Kier molecular flexibility index (Phi) is 2.98. The number of carbonyl (C=O) groups is 1. The van der Waals surface area contributed by atoms with Crippen molar-refractivity contribution in [3.8, 4) is 6.07 Å². The van der Waals surface area contributed by atoms with E-state index in [9.17, 15) is 9.18 Å². The first-order valence-electron chi connectivity index (χ1n) is 7.62. The molecule has 0 aliphatic heterocycles. The average molecular weight is 332 g/mol. The summed E-state index contributed by atoms with van der Waals surface area (Å²) >= 11 is 6.18. The van der Waals surface area contributed by atoms with Crippen LogP contribution in [-0.2, 0) is 0 Å². The topological polar surface area (TPSA) is 59.9 Å². The predicted octanol–water partition coefficient (Wildman–Crippen LogP) is 3.66. The fourth-order valence-corrected chi connectivity index (χ4v) is 4.12. The van der Waals surface area contributed by atoms with Crippen molar-refractivity contribution in [3.05, 3.63) is 34.5 Å². The number of amides is 1. The van der Waals surface area contributed by atoms with E-state index in [1.165, 1.54) is 0 Å². The highest BCUT2D eigenvalue weighted by molar-refractivity contribution is 6.36. The highest BCUT2D eigenvalue weighted by Crippen LogP contribution is 2.58. The number of alkyl halides is 1. The molecule has 2 aliphatic rings. The van der Waals surface area contributed by atoms with Gasteiger partial charge in [-0.05, 0) is 25.0 Å². The molecule has 4 rings (SSSR count). The van der Waals surface area contributed by atoms with E-state index in [0.29, 0.717) is 34.6 Å². The summed E-state index contributed by atoms with van der Waals surface area (Å²) in [5, 5.41) is 10.1. The molecule has 0 saturated heterocycles. The summed E-state index contributed by atoms with van der Waals surface area (Å²) in [6, 6.07) is 7.11. The first-order chi connectivity index (χ1) is 10.9. The molecule has 1 amide bonds. The maximum Gasteiger partial charge on any atom is 0.270 e. The summed E-state index contributed by atoms with van der Waals surface area (Å²) < 4.78 is 14.1. The van der Waals surface area contributed by atoms with Crippen LogP contribution in [0.3, 0.4) is 0 Å². The molecule has 1 N–H and O–H groups in total. The zero-order chi connectivity index (χ0) is 16.4. The standard InChI is InChI=1S/C17H15ClFN3O/c1-22(13-7-17(19)5-4-11(13)17)16(23)12-6-9-2-3-10(8-20)14(18)15(9)21-12/h2-3,6,11,13,21H,4-5,7H2,1H3. The molecule has 6 heteroatoms. The van der Waals surface area contributed by atoms with Gasteiger partial charge in [-0.1, -0.05) is 17.7 Å². The number of benzene rings is 1. The number of rotatable bonds is 2. The minimum absolute atomic E-state index is 0.0189. The van der Waals surface area contributed by atoms with Crippen LogP contribution in [0, 0.1) is 17.2 Å². The third-order valence-corrected chi connectivity index (χ3v) is 5.84. The fourth-order valence-electron chi connectivity index (χ4n) is 3.86. The van der Waals surface area contributed by atoms with Gasteiger partial charge < -0.3 is 9.88 Å². The van der Waals surface area contributed by atoms with Gasteiger partial charge in [0.1, 0.15) is 17.4 Å². The first-order valence-corrected chi connectivity index (χ1v) is 8.00. The van der Waals surface area contributed by atoms with Crippen LogP contribution in [0.1, 0.15) is 35.3 Å². The lowest BCUT2D eigenvalue weighted by atomic mass is 9.53. The third kappa shape index (κ3) is 1.91. The number of fused-ring (bicyclic) bond motifs is 2.